The molecule has 0 atom stereocenters. The smallest absolute Gasteiger partial charge is 0.220 e. The first-order chi connectivity index (χ1) is 9.22. The van der Waals surface area contributed by atoms with Gasteiger partial charge in [-0.25, -0.2) is 0 Å². The number of amides is 1. The van der Waals surface area contributed by atoms with Crippen LogP contribution in [0.5, 0.6) is 0 Å². The van der Waals surface area contributed by atoms with Gasteiger partial charge in [0.15, 0.2) is 0 Å². The molecule has 0 radical (unpaired) electrons. The van der Waals surface area contributed by atoms with E-state index in [0.29, 0.717) is 25.9 Å². The van der Waals surface area contributed by atoms with Gasteiger partial charge in [0.1, 0.15) is 0 Å². The molecule has 0 unspecified atom stereocenters. The number of carbonyl (C=O) groups is 1. The monoisotopic (exact) mass is 372 g/mol. The Kier molecular flexibility index (Phi) is 8.00. The summed E-state index contributed by atoms with van der Waals surface area (Å²) in [5, 5.41) is 6.22. The Balaban J connectivity index is 2.10. The number of benzene rings is 1. The van der Waals surface area contributed by atoms with Crippen molar-refractivity contribution in [2.45, 2.75) is 25.7 Å². The minimum Gasteiger partial charge on any atom is -0.356 e. The van der Waals surface area contributed by atoms with Crippen molar-refractivity contribution in [1.29, 1.82) is 0 Å². The highest BCUT2D eigenvalue weighted by Crippen LogP contribution is 2.09. The second-order valence-electron chi connectivity index (χ2n) is 4.14. The first kappa shape index (κ1) is 15.8. The molecule has 0 aliphatic carbocycles. The van der Waals surface area contributed by atoms with E-state index in [-0.39, 0.29) is 5.91 Å². The number of nitrogens with one attached hydrogen (secondary N) is 1. The maximum Gasteiger partial charge on any atom is 0.220 e. The molecular weight excluding hydrogens is 355 g/mol. The Morgan fingerprint density at radius 1 is 1.32 bits per heavy atom. The van der Waals surface area contributed by atoms with Crippen molar-refractivity contribution >= 4 is 28.5 Å². The molecule has 6 heteroatoms. The number of carbonyl (C=O) groups excluding carboxylic acids is 1. The number of nitrogens with zero attached hydrogens (tertiary/aromatic N) is 3. The number of hydrogen-bond donors (Lipinski definition) is 1. The largest absolute Gasteiger partial charge is 0.356 e. The van der Waals surface area contributed by atoms with E-state index in [1.807, 2.05) is 0 Å². The lowest BCUT2D eigenvalue weighted by molar-refractivity contribution is -0.121. The van der Waals surface area contributed by atoms with E-state index in [1.54, 1.807) is 0 Å². The third-order valence-corrected chi connectivity index (χ3v) is 3.32. The number of hydrogen-bond acceptors (Lipinski definition) is 2. The molecule has 0 saturated heterocycles. The number of rotatable bonds is 8. The summed E-state index contributed by atoms with van der Waals surface area (Å²) < 4.78 is 1.22. The minimum absolute atomic E-state index is 0.0615. The van der Waals surface area contributed by atoms with Gasteiger partial charge >= 0.3 is 0 Å². The Bertz CT molecular complexity index is 440. The molecule has 0 spiro atoms. The molecule has 0 fully saturated rings. The molecule has 0 heterocycles. The summed E-state index contributed by atoms with van der Waals surface area (Å²) in [7, 11) is 0. The maximum absolute atomic E-state index is 11.5. The Hall–Kier alpha value is -1.27. The topological polar surface area (TPSA) is 77.9 Å². The zero-order chi connectivity index (χ0) is 13.9. The molecule has 0 aromatic heterocycles. The van der Waals surface area contributed by atoms with E-state index in [1.165, 1.54) is 9.13 Å². The molecule has 0 aliphatic heterocycles. The van der Waals surface area contributed by atoms with Crippen molar-refractivity contribution in [3.05, 3.63) is 43.8 Å². The molecule has 5 nitrogen and oxygen atoms in total. The Morgan fingerprint density at radius 3 is 2.74 bits per heavy atom. The summed E-state index contributed by atoms with van der Waals surface area (Å²) >= 11 is 2.28. The molecule has 1 rings (SSSR count). The summed E-state index contributed by atoms with van der Waals surface area (Å²) in [5.41, 5.74) is 9.35. The molecule has 19 heavy (non-hydrogen) atoms. The average molecular weight is 372 g/mol. The molecule has 102 valence electrons. The van der Waals surface area contributed by atoms with Gasteiger partial charge in [-0.2, -0.15) is 0 Å². The third kappa shape index (κ3) is 7.69. The van der Waals surface area contributed by atoms with Gasteiger partial charge in [-0.15, -0.1) is 0 Å². The van der Waals surface area contributed by atoms with Gasteiger partial charge in [0.25, 0.3) is 0 Å². The van der Waals surface area contributed by atoms with E-state index >= 15 is 0 Å². The van der Waals surface area contributed by atoms with Gasteiger partial charge in [0.05, 0.1) is 0 Å². The zero-order valence-electron chi connectivity index (χ0n) is 10.7. The van der Waals surface area contributed by atoms with Crippen LogP contribution >= 0.6 is 22.6 Å². The fourth-order valence-electron chi connectivity index (χ4n) is 1.61. The van der Waals surface area contributed by atoms with Crippen LogP contribution in [0.15, 0.2) is 29.4 Å². The SMILES string of the molecule is [N-]=[N+]=NCCCNC(=O)CCCc1ccc(I)cc1. The maximum atomic E-state index is 11.5. The van der Waals surface area contributed by atoms with Crippen LogP contribution in [0.2, 0.25) is 0 Å². The molecular formula is C13H17IN4O. The highest BCUT2D eigenvalue weighted by molar-refractivity contribution is 14.1. The second-order valence-corrected chi connectivity index (χ2v) is 5.38. The predicted molar refractivity (Wildman–Crippen MR) is 83.7 cm³/mol. The fourth-order valence-corrected chi connectivity index (χ4v) is 1.97. The van der Waals surface area contributed by atoms with Crippen LogP contribution in [0.3, 0.4) is 0 Å². The van der Waals surface area contributed by atoms with Crippen LogP contribution in [-0.2, 0) is 11.2 Å². The van der Waals surface area contributed by atoms with Gasteiger partial charge < -0.3 is 5.32 Å². The van der Waals surface area contributed by atoms with E-state index in [2.05, 4.69) is 62.2 Å². The van der Waals surface area contributed by atoms with Crippen molar-refractivity contribution in [2.24, 2.45) is 5.11 Å². The van der Waals surface area contributed by atoms with Crippen LogP contribution in [0, 0.1) is 3.57 Å². The highest BCUT2D eigenvalue weighted by Gasteiger charge is 2.01. The predicted octanol–water partition coefficient (Wildman–Crippen LogP) is 3.43. The normalized spacial score (nSPS) is 9.74. The summed E-state index contributed by atoms with van der Waals surface area (Å²) in [4.78, 5) is 14.2. The van der Waals surface area contributed by atoms with Gasteiger partial charge in [-0.3, -0.25) is 4.79 Å². The number of azide groups is 1. The summed E-state index contributed by atoms with van der Waals surface area (Å²) in [6.45, 7) is 1.00. The molecule has 0 saturated carbocycles. The summed E-state index contributed by atoms with van der Waals surface area (Å²) in [6.07, 6.45) is 2.99. The lowest BCUT2D eigenvalue weighted by atomic mass is 10.1. The molecule has 0 aliphatic rings. The number of halogens is 1. The molecule has 1 N–H and O–H groups in total. The molecule has 1 aromatic carbocycles. The summed E-state index contributed by atoms with van der Waals surface area (Å²) in [6, 6.07) is 8.34. The molecule has 1 aromatic rings. The first-order valence-electron chi connectivity index (χ1n) is 6.24. The Morgan fingerprint density at radius 2 is 2.05 bits per heavy atom. The van der Waals surface area contributed by atoms with E-state index in [9.17, 15) is 4.79 Å². The van der Waals surface area contributed by atoms with Crippen LogP contribution in [0.4, 0.5) is 0 Å². The van der Waals surface area contributed by atoms with E-state index < -0.39 is 0 Å². The lowest BCUT2D eigenvalue weighted by Gasteiger charge is -2.04. The van der Waals surface area contributed by atoms with Crippen molar-refractivity contribution < 1.29 is 4.79 Å². The van der Waals surface area contributed by atoms with Crippen LogP contribution < -0.4 is 5.32 Å². The second kappa shape index (κ2) is 9.63. The van der Waals surface area contributed by atoms with Gasteiger partial charge in [-0.05, 0) is 65.1 Å². The van der Waals surface area contributed by atoms with Gasteiger partial charge in [-0.1, -0.05) is 17.2 Å². The lowest BCUT2D eigenvalue weighted by Crippen LogP contribution is -2.24. The molecule has 1 amide bonds. The van der Waals surface area contributed by atoms with Gasteiger partial charge in [0.2, 0.25) is 5.91 Å². The van der Waals surface area contributed by atoms with Crippen molar-refractivity contribution in [3.8, 4) is 0 Å². The zero-order valence-corrected chi connectivity index (χ0v) is 12.8. The van der Waals surface area contributed by atoms with Crippen molar-refractivity contribution in [2.75, 3.05) is 13.1 Å². The quantitative estimate of drug-likeness (QED) is 0.245. The van der Waals surface area contributed by atoms with Crippen LogP contribution in [0.25, 0.3) is 10.4 Å². The third-order valence-electron chi connectivity index (χ3n) is 2.60. The Labute approximate surface area is 126 Å². The van der Waals surface area contributed by atoms with E-state index in [0.717, 1.165) is 12.8 Å². The fraction of sp³-hybridized carbons (Fsp3) is 0.462. The minimum atomic E-state index is 0.0615. The van der Waals surface area contributed by atoms with Crippen molar-refractivity contribution in [3.63, 3.8) is 0 Å². The van der Waals surface area contributed by atoms with Crippen LogP contribution in [-0.4, -0.2) is 19.0 Å². The standard InChI is InChI=1S/C13H17IN4O/c14-12-7-5-11(6-8-12)3-1-4-13(19)16-9-2-10-17-18-15/h5-8H,1-4,9-10H2,(H,16,19). The van der Waals surface area contributed by atoms with Gasteiger partial charge in [0, 0.05) is 28.0 Å². The summed E-state index contributed by atoms with van der Waals surface area (Å²) in [5.74, 6) is 0.0615. The molecule has 0 bridgehead atoms. The van der Waals surface area contributed by atoms with Crippen LogP contribution in [0.1, 0.15) is 24.8 Å². The highest BCUT2D eigenvalue weighted by atomic mass is 127. The van der Waals surface area contributed by atoms with E-state index in [4.69, 9.17) is 5.53 Å². The van der Waals surface area contributed by atoms with Crippen molar-refractivity contribution in [1.82, 2.24) is 5.32 Å². The average Bonchev–Trinajstić information content (AvgIpc) is 2.41. The number of aryl methyl sites for hydroxylation is 1. The first-order valence-corrected chi connectivity index (χ1v) is 7.32.